The second kappa shape index (κ2) is 7.48. The number of hydrogen-bond donors (Lipinski definition) is 1. The summed E-state index contributed by atoms with van der Waals surface area (Å²) in [6.45, 7) is 4.87. The number of halogens is 3. The van der Waals surface area contributed by atoms with Crippen molar-refractivity contribution in [2.75, 3.05) is 13.2 Å². The monoisotopic (exact) mass is 368 g/mol. The van der Waals surface area contributed by atoms with Gasteiger partial charge in [-0.2, -0.15) is 13.2 Å². The van der Waals surface area contributed by atoms with Gasteiger partial charge in [0.1, 0.15) is 0 Å². The van der Waals surface area contributed by atoms with Crippen LogP contribution in [0, 0.1) is 0 Å². The SMILES string of the molecule is CC(C)N[C@@H]1CCOC/C1=N\C(=O)c1ccc(C(F)(F)F)cc1C1CC1. The Hall–Kier alpha value is -1.73. The fraction of sp³-hybridized carbons (Fsp3) is 0.579. The average molecular weight is 368 g/mol. The van der Waals surface area contributed by atoms with E-state index in [0.717, 1.165) is 25.0 Å². The molecule has 1 aromatic rings. The first kappa shape index (κ1) is 19.0. The van der Waals surface area contributed by atoms with Crippen molar-refractivity contribution in [3.63, 3.8) is 0 Å². The van der Waals surface area contributed by atoms with Crippen molar-refractivity contribution in [3.05, 3.63) is 34.9 Å². The lowest BCUT2D eigenvalue weighted by molar-refractivity contribution is -0.137. The summed E-state index contributed by atoms with van der Waals surface area (Å²) in [4.78, 5) is 16.9. The lowest BCUT2D eigenvalue weighted by Gasteiger charge is -2.27. The molecule has 26 heavy (non-hydrogen) atoms. The number of hydrogen-bond acceptors (Lipinski definition) is 3. The molecule has 2 aliphatic rings. The number of ether oxygens (including phenoxy) is 1. The van der Waals surface area contributed by atoms with Crippen molar-refractivity contribution in [1.82, 2.24) is 5.32 Å². The van der Waals surface area contributed by atoms with Gasteiger partial charge in [-0.25, -0.2) is 4.99 Å². The van der Waals surface area contributed by atoms with Gasteiger partial charge in [-0.05, 0) is 48.9 Å². The summed E-state index contributed by atoms with van der Waals surface area (Å²) in [5, 5.41) is 3.36. The number of alkyl halides is 3. The zero-order chi connectivity index (χ0) is 18.9. The maximum atomic E-state index is 13.0. The van der Waals surface area contributed by atoms with E-state index in [-0.39, 0.29) is 30.2 Å². The van der Waals surface area contributed by atoms with Crippen LogP contribution in [-0.2, 0) is 10.9 Å². The van der Waals surface area contributed by atoms with Crippen molar-refractivity contribution in [3.8, 4) is 0 Å². The zero-order valence-corrected chi connectivity index (χ0v) is 14.9. The largest absolute Gasteiger partial charge is 0.416 e. The Kier molecular flexibility index (Phi) is 5.48. The molecule has 0 spiro atoms. The maximum absolute atomic E-state index is 13.0. The molecule has 0 bridgehead atoms. The van der Waals surface area contributed by atoms with E-state index in [4.69, 9.17) is 4.74 Å². The first-order chi connectivity index (χ1) is 12.3. The molecule has 0 radical (unpaired) electrons. The first-order valence-electron chi connectivity index (χ1n) is 8.92. The Morgan fingerprint density at radius 2 is 2.00 bits per heavy atom. The minimum atomic E-state index is -4.42. The minimum Gasteiger partial charge on any atom is -0.375 e. The number of rotatable bonds is 4. The molecule has 1 aliphatic carbocycles. The van der Waals surface area contributed by atoms with Crippen LogP contribution in [0.5, 0.6) is 0 Å². The molecule has 0 aromatic heterocycles. The Morgan fingerprint density at radius 3 is 2.62 bits per heavy atom. The van der Waals surface area contributed by atoms with Crippen molar-refractivity contribution in [2.45, 2.75) is 57.3 Å². The fourth-order valence-electron chi connectivity index (χ4n) is 3.19. The van der Waals surface area contributed by atoms with Crippen molar-refractivity contribution < 1.29 is 22.7 Å². The van der Waals surface area contributed by atoms with Gasteiger partial charge in [-0.15, -0.1) is 0 Å². The van der Waals surface area contributed by atoms with E-state index in [2.05, 4.69) is 10.3 Å². The molecule has 1 heterocycles. The molecule has 1 atom stereocenters. The van der Waals surface area contributed by atoms with Gasteiger partial charge in [0.15, 0.2) is 0 Å². The van der Waals surface area contributed by atoms with E-state index < -0.39 is 17.6 Å². The number of carbonyl (C=O) groups is 1. The lowest BCUT2D eigenvalue weighted by atomic mass is 9.99. The van der Waals surface area contributed by atoms with Crippen molar-refractivity contribution >= 4 is 11.6 Å². The van der Waals surface area contributed by atoms with Crippen LogP contribution in [0.3, 0.4) is 0 Å². The second-order valence-corrected chi connectivity index (χ2v) is 7.20. The summed E-state index contributed by atoms with van der Waals surface area (Å²) in [6.07, 6.45) is -2.09. The van der Waals surface area contributed by atoms with Crippen LogP contribution in [0.2, 0.25) is 0 Å². The van der Waals surface area contributed by atoms with Crippen molar-refractivity contribution in [2.24, 2.45) is 4.99 Å². The number of benzene rings is 1. The predicted molar refractivity (Wildman–Crippen MR) is 92.7 cm³/mol. The molecule has 1 saturated carbocycles. The maximum Gasteiger partial charge on any atom is 0.416 e. The molecule has 2 fully saturated rings. The van der Waals surface area contributed by atoms with Gasteiger partial charge in [-0.3, -0.25) is 4.79 Å². The average Bonchev–Trinajstić information content (AvgIpc) is 3.39. The van der Waals surface area contributed by atoms with Gasteiger partial charge in [0, 0.05) is 18.2 Å². The standard InChI is InChI=1S/C19H23F3N2O2/c1-11(2)23-16-7-8-26-10-17(16)24-18(25)14-6-5-13(19(20,21)22)9-15(14)12-3-4-12/h5-6,9,11-12,16,23H,3-4,7-8,10H2,1-2H3/b24-17+/t16-/m1/s1. The zero-order valence-electron chi connectivity index (χ0n) is 14.9. The van der Waals surface area contributed by atoms with Gasteiger partial charge in [0.25, 0.3) is 5.91 Å². The fourth-order valence-corrected chi connectivity index (χ4v) is 3.19. The molecule has 7 heteroatoms. The second-order valence-electron chi connectivity index (χ2n) is 7.20. The highest BCUT2D eigenvalue weighted by molar-refractivity contribution is 6.07. The molecular formula is C19H23F3N2O2. The molecule has 3 rings (SSSR count). The van der Waals surface area contributed by atoms with Crippen LogP contribution in [0.25, 0.3) is 0 Å². The summed E-state index contributed by atoms with van der Waals surface area (Å²) in [5.41, 5.74) is 0.613. The molecule has 4 nitrogen and oxygen atoms in total. The predicted octanol–water partition coefficient (Wildman–Crippen LogP) is 3.95. The Balaban J connectivity index is 1.89. The van der Waals surface area contributed by atoms with E-state index in [0.29, 0.717) is 24.3 Å². The normalized spacial score (nSPS) is 22.8. The van der Waals surface area contributed by atoms with Crippen LogP contribution in [0.1, 0.15) is 60.5 Å². The van der Waals surface area contributed by atoms with Gasteiger partial charge < -0.3 is 10.1 Å². The Labute approximate surface area is 150 Å². The first-order valence-corrected chi connectivity index (χ1v) is 8.92. The molecule has 1 amide bonds. The molecule has 1 aliphatic heterocycles. The minimum absolute atomic E-state index is 0.0173. The molecule has 1 saturated heterocycles. The van der Waals surface area contributed by atoms with E-state index in [1.165, 1.54) is 6.07 Å². The molecule has 142 valence electrons. The highest BCUT2D eigenvalue weighted by Crippen LogP contribution is 2.43. The summed E-state index contributed by atoms with van der Waals surface area (Å²) in [6, 6.07) is 3.50. The number of aliphatic imine (C=N–C) groups is 1. The molecular weight excluding hydrogens is 345 g/mol. The quantitative estimate of drug-likeness (QED) is 0.875. The number of amides is 1. The Bertz CT molecular complexity index is 709. The van der Waals surface area contributed by atoms with Crippen LogP contribution < -0.4 is 5.32 Å². The van der Waals surface area contributed by atoms with Crippen molar-refractivity contribution in [1.29, 1.82) is 0 Å². The summed E-state index contributed by atoms with van der Waals surface area (Å²) < 4.78 is 44.4. The van der Waals surface area contributed by atoms with E-state index in [9.17, 15) is 18.0 Å². The highest BCUT2D eigenvalue weighted by Gasteiger charge is 2.35. The van der Waals surface area contributed by atoms with E-state index >= 15 is 0 Å². The third-order valence-corrected chi connectivity index (χ3v) is 4.61. The molecule has 1 N–H and O–H groups in total. The third-order valence-electron chi connectivity index (χ3n) is 4.61. The van der Waals surface area contributed by atoms with Crippen LogP contribution in [0.15, 0.2) is 23.2 Å². The lowest BCUT2D eigenvalue weighted by Crippen LogP contribution is -2.46. The summed E-state index contributed by atoms with van der Waals surface area (Å²) >= 11 is 0. The number of carbonyl (C=O) groups excluding carboxylic acids is 1. The molecule has 0 unspecified atom stereocenters. The third kappa shape index (κ3) is 4.51. The van der Waals surface area contributed by atoms with Gasteiger partial charge in [0.2, 0.25) is 0 Å². The van der Waals surface area contributed by atoms with Gasteiger partial charge in [-0.1, -0.05) is 13.8 Å². The summed E-state index contributed by atoms with van der Waals surface area (Å²) in [5.74, 6) is -0.472. The smallest absolute Gasteiger partial charge is 0.375 e. The highest BCUT2D eigenvalue weighted by atomic mass is 19.4. The number of nitrogens with one attached hydrogen (secondary N) is 1. The Morgan fingerprint density at radius 1 is 1.27 bits per heavy atom. The molecule has 1 aromatic carbocycles. The van der Waals surface area contributed by atoms with E-state index in [1.54, 1.807) is 0 Å². The topological polar surface area (TPSA) is 50.7 Å². The van der Waals surface area contributed by atoms with Crippen LogP contribution in [0.4, 0.5) is 13.2 Å². The van der Waals surface area contributed by atoms with Crippen LogP contribution in [-0.4, -0.2) is 36.9 Å². The summed E-state index contributed by atoms with van der Waals surface area (Å²) in [7, 11) is 0. The number of nitrogens with zero attached hydrogens (tertiary/aromatic N) is 1. The van der Waals surface area contributed by atoms with Gasteiger partial charge in [0.05, 0.1) is 23.9 Å². The van der Waals surface area contributed by atoms with Crippen LogP contribution >= 0.6 is 0 Å². The van der Waals surface area contributed by atoms with E-state index in [1.807, 2.05) is 13.8 Å². The van der Waals surface area contributed by atoms with Gasteiger partial charge >= 0.3 is 6.18 Å².